The van der Waals surface area contributed by atoms with E-state index in [0.29, 0.717) is 26.2 Å². The van der Waals surface area contributed by atoms with Crippen molar-refractivity contribution in [2.75, 3.05) is 26.2 Å². The van der Waals surface area contributed by atoms with Gasteiger partial charge in [-0.05, 0) is 12.5 Å². The maximum absolute atomic E-state index is 12.3. The van der Waals surface area contributed by atoms with Crippen molar-refractivity contribution >= 4 is 11.6 Å². The third kappa shape index (κ3) is 3.61. The summed E-state index contributed by atoms with van der Waals surface area (Å²) in [6, 6.07) is 6.65. The molecule has 0 spiro atoms. The summed E-state index contributed by atoms with van der Waals surface area (Å²) in [6.07, 6.45) is 1.38. The lowest BCUT2D eigenvalue weighted by Gasteiger charge is -2.38. The minimum Gasteiger partial charge on any atom is -0.335 e. The molecule has 0 unspecified atom stereocenters. The Kier molecular flexibility index (Phi) is 4.66. The number of carbonyl (C=O) groups is 1. The number of amides is 1. The molecule has 0 bridgehead atoms. The zero-order valence-corrected chi connectivity index (χ0v) is 13.8. The van der Waals surface area contributed by atoms with E-state index in [4.69, 9.17) is 0 Å². The number of aromatic nitrogens is 2. The van der Waals surface area contributed by atoms with Crippen molar-refractivity contribution in [3.05, 3.63) is 62.3 Å². The molecular weight excluding hydrogens is 326 g/mol. The fraction of sp³-hybridized carbons (Fsp3) is 0.375. The van der Waals surface area contributed by atoms with Crippen LogP contribution in [0.15, 0.2) is 35.3 Å². The van der Waals surface area contributed by atoms with Crippen LogP contribution in [0.3, 0.4) is 0 Å². The number of nitrogens with zero attached hydrogens (tertiary/aromatic N) is 3. The zero-order chi connectivity index (χ0) is 18.0. The van der Waals surface area contributed by atoms with Gasteiger partial charge in [0.1, 0.15) is 5.69 Å². The van der Waals surface area contributed by atoms with Gasteiger partial charge in [-0.25, -0.2) is 4.79 Å². The molecule has 132 valence electrons. The molecular formula is C16H19N5O4. The second kappa shape index (κ2) is 6.89. The van der Waals surface area contributed by atoms with Crippen LogP contribution in [-0.2, 0) is 0 Å². The van der Waals surface area contributed by atoms with Gasteiger partial charge in [-0.1, -0.05) is 12.1 Å². The molecule has 2 N–H and O–H groups in total. The van der Waals surface area contributed by atoms with Crippen molar-refractivity contribution in [2.24, 2.45) is 0 Å². The Morgan fingerprint density at radius 1 is 1.28 bits per heavy atom. The molecule has 1 aliphatic heterocycles. The molecule has 0 saturated carbocycles. The summed E-state index contributed by atoms with van der Waals surface area (Å²) in [7, 11) is 0. The smallest absolute Gasteiger partial charge is 0.323 e. The van der Waals surface area contributed by atoms with Crippen LogP contribution < -0.4 is 5.69 Å². The molecule has 9 nitrogen and oxygen atoms in total. The Labute approximate surface area is 143 Å². The topological polar surface area (TPSA) is 115 Å². The third-order valence-corrected chi connectivity index (χ3v) is 4.54. The minimum atomic E-state index is -0.402. The van der Waals surface area contributed by atoms with Crippen molar-refractivity contribution in [1.29, 1.82) is 0 Å². The summed E-state index contributed by atoms with van der Waals surface area (Å²) < 4.78 is 0. The average molecular weight is 345 g/mol. The summed E-state index contributed by atoms with van der Waals surface area (Å²) in [5, 5.41) is 10.9. The third-order valence-electron chi connectivity index (χ3n) is 4.54. The van der Waals surface area contributed by atoms with Crippen LogP contribution in [0.25, 0.3) is 0 Å². The fourth-order valence-corrected chi connectivity index (χ4v) is 3.04. The van der Waals surface area contributed by atoms with Gasteiger partial charge in [-0.3, -0.25) is 19.8 Å². The lowest BCUT2D eigenvalue weighted by atomic mass is 10.1. The number of nitrogens with one attached hydrogen (secondary N) is 2. The second-order valence-corrected chi connectivity index (χ2v) is 6.01. The Morgan fingerprint density at radius 3 is 2.60 bits per heavy atom. The average Bonchev–Trinajstić information content (AvgIpc) is 3.07. The summed E-state index contributed by atoms with van der Waals surface area (Å²) in [4.78, 5) is 42.7. The number of nitro benzene ring substituents is 1. The fourth-order valence-electron chi connectivity index (χ4n) is 3.04. The summed E-state index contributed by atoms with van der Waals surface area (Å²) >= 11 is 0. The number of imidazole rings is 1. The minimum absolute atomic E-state index is 0.0178. The van der Waals surface area contributed by atoms with E-state index in [1.54, 1.807) is 17.0 Å². The van der Waals surface area contributed by atoms with E-state index in [2.05, 4.69) is 14.9 Å². The Morgan fingerprint density at radius 2 is 2.00 bits per heavy atom. The first kappa shape index (κ1) is 16.9. The number of benzene rings is 1. The van der Waals surface area contributed by atoms with Gasteiger partial charge in [0.25, 0.3) is 11.6 Å². The van der Waals surface area contributed by atoms with Gasteiger partial charge in [-0.15, -0.1) is 0 Å². The predicted molar refractivity (Wildman–Crippen MR) is 90.4 cm³/mol. The number of rotatable bonds is 4. The van der Waals surface area contributed by atoms with Crippen LogP contribution >= 0.6 is 0 Å². The van der Waals surface area contributed by atoms with Gasteiger partial charge >= 0.3 is 5.69 Å². The Bertz CT molecular complexity index is 835. The van der Waals surface area contributed by atoms with Crippen LogP contribution in [0.4, 0.5) is 5.69 Å². The van der Waals surface area contributed by atoms with E-state index in [0.717, 1.165) is 5.56 Å². The van der Waals surface area contributed by atoms with Crippen LogP contribution in [0.1, 0.15) is 29.0 Å². The number of nitro groups is 1. The summed E-state index contributed by atoms with van der Waals surface area (Å²) in [6.45, 7) is 4.38. The molecule has 3 rings (SSSR count). The van der Waals surface area contributed by atoms with Gasteiger partial charge in [0.15, 0.2) is 0 Å². The molecule has 9 heteroatoms. The van der Waals surface area contributed by atoms with Crippen molar-refractivity contribution in [1.82, 2.24) is 19.8 Å². The maximum atomic E-state index is 12.3. The van der Waals surface area contributed by atoms with Gasteiger partial charge in [0, 0.05) is 50.6 Å². The lowest BCUT2D eigenvalue weighted by Crippen LogP contribution is -2.49. The molecule has 2 heterocycles. The van der Waals surface area contributed by atoms with E-state index >= 15 is 0 Å². The summed E-state index contributed by atoms with van der Waals surface area (Å²) in [5.74, 6) is -0.207. The molecule has 1 aromatic heterocycles. The van der Waals surface area contributed by atoms with Crippen molar-refractivity contribution in [3.63, 3.8) is 0 Å². The number of non-ortho nitro benzene ring substituents is 1. The number of aromatic amines is 2. The van der Waals surface area contributed by atoms with E-state index in [1.165, 1.54) is 12.3 Å². The highest BCUT2D eigenvalue weighted by Crippen LogP contribution is 2.25. The molecule has 1 amide bonds. The number of hydrogen-bond acceptors (Lipinski definition) is 5. The summed E-state index contributed by atoms with van der Waals surface area (Å²) in [5.41, 5.74) is 0.810. The molecule has 0 radical (unpaired) electrons. The maximum Gasteiger partial charge on any atom is 0.323 e. The molecule has 1 atom stereocenters. The van der Waals surface area contributed by atoms with Crippen LogP contribution in [-0.4, -0.2) is 56.8 Å². The van der Waals surface area contributed by atoms with E-state index in [9.17, 15) is 19.7 Å². The Hall–Kier alpha value is -2.94. The molecule has 1 fully saturated rings. The first-order valence-corrected chi connectivity index (χ1v) is 8.01. The van der Waals surface area contributed by atoms with Crippen LogP contribution in [0.2, 0.25) is 0 Å². The second-order valence-electron chi connectivity index (χ2n) is 6.01. The number of piperazine rings is 1. The van der Waals surface area contributed by atoms with Crippen LogP contribution in [0.5, 0.6) is 0 Å². The number of H-pyrrole nitrogens is 2. The van der Waals surface area contributed by atoms with Crippen molar-refractivity contribution in [2.45, 2.75) is 13.0 Å². The highest BCUT2D eigenvalue weighted by molar-refractivity contribution is 5.92. The molecule has 2 aromatic rings. The quantitative estimate of drug-likeness (QED) is 0.637. The zero-order valence-electron chi connectivity index (χ0n) is 13.8. The first-order chi connectivity index (χ1) is 12.0. The highest BCUT2D eigenvalue weighted by Gasteiger charge is 2.26. The van der Waals surface area contributed by atoms with Gasteiger partial charge in [0.05, 0.1) is 4.92 Å². The monoisotopic (exact) mass is 345 g/mol. The largest absolute Gasteiger partial charge is 0.335 e. The van der Waals surface area contributed by atoms with Crippen molar-refractivity contribution in [3.8, 4) is 0 Å². The molecule has 1 aliphatic rings. The lowest BCUT2D eigenvalue weighted by molar-refractivity contribution is -0.385. The van der Waals surface area contributed by atoms with Crippen LogP contribution in [0, 0.1) is 10.1 Å². The number of carbonyl (C=O) groups excluding carboxylic acids is 1. The van der Waals surface area contributed by atoms with Crippen molar-refractivity contribution < 1.29 is 9.72 Å². The van der Waals surface area contributed by atoms with E-state index in [1.807, 2.05) is 13.0 Å². The standard InChI is InChI=1S/C16H19N5O4/c1-11(12-3-2-4-13(9-12)21(24)25)19-5-7-20(8-6-19)15(22)14-10-17-16(23)18-14/h2-4,9-11H,5-8H2,1H3,(H2,17,18,23)/t11-/m0/s1. The molecule has 0 aliphatic carbocycles. The number of hydrogen-bond donors (Lipinski definition) is 2. The predicted octanol–water partition coefficient (Wildman–Crippen LogP) is 1.13. The molecule has 1 aromatic carbocycles. The Balaban J connectivity index is 1.63. The van der Waals surface area contributed by atoms with Gasteiger partial charge in [-0.2, -0.15) is 0 Å². The van der Waals surface area contributed by atoms with Gasteiger partial charge in [0.2, 0.25) is 0 Å². The molecule has 1 saturated heterocycles. The molecule has 25 heavy (non-hydrogen) atoms. The van der Waals surface area contributed by atoms with E-state index in [-0.39, 0.29) is 23.3 Å². The first-order valence-electron chi connectivity index (χ1n) is 8.01. The van der Waals surface area contributed by atoms with E-state index < -0.39 is 10.6 Å². The van der Waals surface area contributed by atoms with Gasteiger partial charge < -0.3 is 14.9 Å². The SMILES string of the molecule is C[C@@H](c1cccc([N+](=O)[O-])c1)N1CCN(C(=O)c2c[nH]c(=O)[nH]2)CC1. The normalized spacial score (nSPS) is 16.6. The highest BCUT2D eigenvalue weighted by atomic mass is 16.6.